The van der Waals surface area contributed by atoms with Gasteiger partial charge in [-0.3, -0.25) is 4.79 Å². The number of aliphatic imine (C=N–C) groups is 1. The number of nitriles is 1. The van der Waals surface area contributed by atoms with E-state index in [9.17, 15) is 18.0 Å². The van der Waals surface area contributed by atoms with Crippen LogP contribution in [0, 0.1) is 18.3 Å². The van der Waals surface area contributed by atoms with Gasteiger partial charge in [-0.2, -0.15) is 18.4 Å². The van der Waals surface area contributed by atoms with Gasteiger partial charge in [0, 0.05) is 11.8 Å². The topological polar surface area (TPSA) is 78.1 Å². The molecule has 1 aliphatic heterocycles. The summed E-state index contributed by atoms with van der Waals surface area (Å²) >= 11 is 0. The third kappa shape index (κ3) is 3.21. The second-order valence-electron chi connectivity index (χ2n) is 5.48. The van der Waals surface area contributed by atoms with Crippen molar-refractivity contribution in [2.24, 2.45) is 4.99 Å². The van der Waals surface area contributed by atoms with E-state index in [1.54, 1.807) is 12.1 Å². The fraction of sp³-hybridized carbons (Fsp3) is 0.176. The molecule has 1 N–H and O–H groups in total. The average molecular weight is 344 g/mol. The first-order valence-corrected chi connectivity index (χ1v) is 7.24. The van der Waals surface area contributed by atoms with Gasteiger partial charge >= 0.3 is 6.18 Å². The summed E-state index contributed by atoms with van der Waals surface area (Å²) in [6, 6.07) is 7.26. The summed E-state index contributed by atoms with van der Waals surface area (Å²) in [5, 5.41) is 11.6. The minimum absolute atomic E-state index is 0.00260. The van der Waals surface area contributed by atoms with Crippen LogP contribution in [0.15, 0.2) is 35.5 Å². The largest absolute Gasteiger partial charge is 0.416 e. The van der Waals surface area contributed by atoms with Gasteiger partial charge in [-0.25, -0.2) is 9.98 Å². The smallest absolute Gasteiger partial charge is 0.324 e. The number of nitrogens with zero attached hydrogens (tertiary/aromatic N) is 3. The van der Waals surface area contributed by atoms with E-state index in [1.807, 2.05) is 6.07 Å². The summed E-state index contributed by atoms with van der Waals surface area (Å²) in [7, 11) is 0. The summed E-state index contributed by atoms with van der Waals surface area (Å²) in [6.45, 7) is 1.33. The third-order valence-electron chi connectivity index (χ3n) is 3.73. The molecular weight excluding hydrogens is 333 g/mol. The maximum Gasteiger partial charge on any atom is 0.416 e. The Morgan fingerprint density at radius 1 is 1.32 bits per heavy atom. The van der Waals surface area contributed by atoms with E-state index in [-0.39, 0.29) is 34.8 Å². The van der Waals surface area contributed by atoms with Gasteiger partial charge in [-0.15, -0.1) is 0 Å². The van der Waals surface area contributed by atoms with Crippen LogP contribution in [0.4, 0.5) is 24.5 Å². The van der Waals surface area contributed by atoms with Crippen molar-refractivity contribution in [3.63, 3.8) is 0 Å². The normalized spacial score (nSPS) is 14.0. The molecule has 0 radical (unpaired) electrons. The van der Waals surface area contributed by atoms with Gasteiger partial charge in [0.25, 0.3) is 0 Å². The lowest BCUT2D eigenvalue weighted by molar-refractivity contribution is -0.138. The van der Waals surface area contributed by atoms with Crippen LogP contribution < -0.4 is 5.32 Å². The first kappa shape index (κ1) is 16.6. The van der Waals surface area contributed by atoms with Crippen LogP contribution >= 0.6 is 0 Å². The molecular formula is C17H11F3N4O. The SMILES string of the molecule is Cc1cc2c(cc1C(F)(F)F)NC(=O)CC(c1cccnc1C#N)=N2. The molecule has 0 bridgehead atoms. The number of nitrogens with one attached hydrogen (secondary N) is 1. The minimum Gasteiger partial charge on any atom is -0.324 e. The van der Waals surface area contributed by atoms with Gasteiger partial charge < -0.3 is 5.32 Å². The number of rotatable bonds is 1. The Hall–Kier alpha value is -3.21. The van der Waals surface area contributed by atoms with Gasteiger partial charge in [0.1, 0.15) is 11.8 Å². The van der Waals surface area contributed by atoms with Crippen molar-refractivity contribution in [1.82, 2.24) is 4.98 Å². The number of fused-ring (bicyclic) bond motifs is 1. The van der Waals surface area contributed by atoms with Crippen molar-refractivity contribution < 1.29 is 18.0 Å². The molecule has 1 aliphatic rings. The average Bonchev–Trinajstić information content (AvgIpc) is 2.70. The summed E-state index contributed by atoms with van der Waals surface area (Å²) < 4.78 is 39.2. The Labute approximate surface area is 140 Å². The molecule has 25 heavy (non-hydrogen) atoms. The first-order valence-electron chi connectivity index (χ1n) is 7.24. The maximum atomic E-state index is 13.1. The number of carbonyl (C=O) groups excluding carboxylic acids is 1. The fourth-order valence-electron chi connectivity index (χ4n) is 2.60. The molecule has 2 aromatic rings. The van der Waals surface area contributed by atoms with Crippen molar-refractivity contribution in [3.05, 3.63) is 52.8 Å². The van der Waals surface area contributed by atoms with E-state index >= 15 is 0 Å². The molecule has 2 heterocycles. The molecule has 0 aliphatic carbocycles. The second kappa shape index (κ2) is 6.02. The van der Waals surface area contributed by atoms with E-state index in [1.165, 1.54) is 19.2 Å². The second-order valence-corrected chi connectivity index (χ2v) is 5.48. The highest BCUT2D eigenvalue weighted by atomic mass is 19.4. The minimum atomic E-state index is -4.53. The monoisotopic (exact) mass is 344 g/mol. The van der Waals surface area contributed by atoms with E-state index in [4.69, 9.17) is 5.26 Å². The number of aryl methyl sites for hydroxylation is 1. The molecule has 0 unspecified atom stereocenters. The molecule has 8 heteroatoms. The first-order chi connectivity index (χ1) is 11.8. The van der Waals surface area contributed by atoms with Crippen molar-refractivity contribution in [2.45, 2.75) is 19.5 Å². The molecule has 3 rings (SSSR count). The summed E-state index contributed by atoms with van der Waals surface area (Å²) in [5.41, 5.74) is 0.118. The number of aromatic nitrogens is 1. The van der Waals surface area contributed by atoms with Crippen molar-refractivity contribution in [1.29, 1.82) is 5.26 Å². The highest BCUT2D eigenvalue weighted by Crippen LogP contribution is 2.39. The Balaban J connectivity index is 2.18. The van der Waals surface area contributed by atoms with E-state index in [0.717, 1.165) is 6.07 Å². The number of amides is 1. The van der Waals surface area contributed by atoms with Crippen molar-refractivity contribution in [3.8, 4) is 6.07 Å². The number of alkyl halides is 3. The Bertz CT molecular complexity index is 942. The lowest BCUT2D eigenvalue weighted by Gasteiger charge is -2.13. The quantitative estimate of drug-likeness (QED) is 0.856. The number of anilines is 1. The van der Waals surface area contributed by atoms with Crippen LogP contribution in [-0.4, -0.2) is 16.6 Å². The molecule has 0 fully saturated rings. The van der Waals surface area contributed by atoms with Gasteiger partial charge in [-0.1, -0.05) is 0 Å². The lowest BCUT2D eigenvalue weighted by atomic mass is 10.1. The van der Waals surface area contributed by atoms with E-state index in [0.29, 0.717) is 5.56 Å². The Kier molecular flexibility index (Phi) is 4.00. The number of benzene rings is 1. The Morgan fingerprint density at radius 3 is 2.76 bits per heavy atom. The molecule has 5 nitrogen and oxygen atoms in total. The predicted molar refractivity (Wildman–Crippen MR) is 84.6 cm³/mol. The molecule has 0 saturated heterocycles. The van der Waals surface area contributed by atoms with Crippen molar-refractivity contribution in [2.75, 3.05) is 5.32 Å². The highest BCUT2D eigenvalue weighted by Gasteiger charge is 2.34. The molecule has 0 spiro atoms. The van der Waals surface area contributed by atoms with E-state index < -0.39 is 17.6 Å². The van der Waals surface area contributed by atoms with E-state index in [2.05, 4.69) is 15.3 Å². The lowest BCUT2D eigenvalue weighted by Crippen LogP contribution is -2.16. The van der Waals surface area contributed by atoms with Crippen LogP contribution in [0.2, 0.25) is 0 Å². The van der Waals surface area contributed by atoms with Gasteiger partial charge in [0.05, 0.1) is 29.1 Å². The maximum absolute atomic E-state index is 13.1. The molecule has 1 amide bonds. The molecule has 0 atom stereocenters. The van der Waals surface area contributed by atoms with Gasteiger partial charge in [-0.05, 0) is 36.8 Å². The summed E-state index contributed by atoms with van der Waals surface area (Å²) in [4.78, 5) is 20.4. The van der Waals surface area contributed by atoms with Crippen LogP contribution in [-0.2, 0) is 11.0 Å². The zero-order valence-electron chi connectivity index (χ0n) is 13.0. The molecule has 1 aromatic heterocycles. The van der Waals surface area contributed by atoms with Crippen LogP contribution in [0.3, 0.4) is 0 Å². The molecule has 0 saturated carbocycles. The van der Waals surface area contributed by atoms with Gasteiger partial charge in [0.15, 0.2) is 0 Å². The highest BCUT2D eigenvalue weighted by molar-refractivity contribution is 6.17. The predicted octanol–water partition coefficient (Wildman–Crippen LogP) is 3.74. The zero-order valence-corrected chi connectivity index (χ0v) is 13.0. The van der Waals surface area contributed by atoms with Crippen LogP contribution in [0.1, 0.15) is 28.8 Å². The molecule has 1 aromatic carbocycles. The molecule has 126 valence electrons. The number of hydrogen-bond donors (Lipinski definition) is 1. The number of carbonyl (C=O) groups is 1. The van der Waals surface area contributed by atoms with Gasteiger partial charge in [0.2, 0.25) is 5.91 Å². The zero-order chi connectivity index (χ0) is 18.2. The number of hydrogen-bond acceptors (Lipinski definition) is 4. The summed E-state index contributed by atoms with van der Waals surface area (Å²) in [6.07, 6.45) is -3.26. The van der Waals surface area contributed by atoms with Crippen LogP contribution in [0.25, 0.3) is 0 Å². The fourth-order valence-corrected chi connectivity index (χ4v) is 2.60. The summed E-state index contributed by atoms with van der Waals surface area (Å²) in [5.74, 6) is -0.512. The standard InChI is InChI=1S/C17H11F3N4O/c1-9-5-13-14(6-11(9)17(18,19)20)24-16(25)7-12(23-13)10-3-2-4-22-15(10)8-21/h2-6H,7H2,1H3,(H,24,25). The third-order valence-corrected chi connectivity index (χ3v) is 3.73. The van der Waals surface area contributed by atoms with Crippen molar-refractivity contribution >= 4 is 23.0 Å². The van der Waals surface area contributed by atoms with Crippen LogP contribution in [0.5, 0.6) is 0 Å². The number of pyridine rings is 1. The Morgan fingerprint density at radius 2 is 2.08 bits per heavy atom. The number of halogens is 3.